The van der Waals surface area contributed by atoms with Gasteiger partial charge in [-0.25, -0.2) is 4.39 Å². The highest BCUT2D eigenvalue weighted by Gasteiger charge is 2.13. The first-order chi connectivity index (χ1) is 11.2. The van der Waals surface area contributed by atoms with E-state index >= 15 is 0 Å². The van der Waals surface area contributed by atoms with Crippen LogP contribution < -0.4 is 0 Å². The summed E-state index contributed by atoms with van der Waals surface area (Å²) < 4.78 is 13.3. The first kappa shape index (κ1) is 15.9. The van der Waals surface area contributed by atoms with Gasteiger partial charge in [-0.05, 0) is 41.3 Å². The number of aromatic nitrogens is 1. The van der Waals surface area contributed by atoms with E-state index in [1.807, 2.05) is 30.3 Å². The van der Waals surface area contributed by atoms with Crippen LogP contribution in [0.25, 0.3) is 22.4 Å². The normalized spacial score (nSPS) is 10.7. The average Bonchev–Trinajstić information content (AvgIpc) is 2.62. The number of aryl methyl sites for hydroxylation is 1. The molecule has 1 nitrogen and oxygen atoms in total. The van der Waals surface area contributed by atoms with Gasteiger partial charge in [0, 0.05) is 16.6 Å². The molecule has 3 rings (SSSR count). The van der Waals surface area contributed by atoms with Crippen molar-refractivity contribution in [2.75, 3.05) is 0 Å². The number of pyridine rings is 1. The van der Waals surface area contributed by atoms with Crippen molar-refractivity contribution < 1.29 is 4.39 Å². The molecule has 1 aromatic heterocycles. The van der Waals surface area contributed by atoms with Crippen LogP contribution in [0.5, 0.6) is 0 Å². The maximum absolute atomic E-state index is 13.3. The minimum absolute atomic E-state index is 0.220. The van der Waals surface area contributed by atoms with Crippen molar-refractivity contribution in [3.63, 3.8) is 0 Å². The Morgan fingerprint density at radius 3 is 2.26 bits per heavy atom. The summed E-state index contributed by atoms with van der Waals surface area (Å²) >= 11 is 3.58. The van der Waals surface area contributed by atoms with Gasteiger partial charge < -0.3 is 0 Å². The second-order valence-corrected chi connectivity index (χ2v) is 5.90. The van der Waals surface area contributed by atoms with Gasteiger partial charge in [-0.3, -0.25) is 4.98 Å². The number of alkyl halides is 1. The van der Waals surface area contributed by atoms with Crippen LogP contribution in [-0.4, -0.2) is 4.98 Å². The first-order valence-corrected chi connectivity index (χ1v) is 8.75. The molecule has 0 aliphatic carbocycles. The van der Waals surface area contributed by atoms with Crippen molar-refractivity contribution in [3.8, 4) is 22.4 Å². The van der Waals surface area contributed by atoms with Crippen LogP contribution >= 0.6 is 15.9 Å². The molecule has 2 aromatic carbocycles. The van der Waals surface area contributed by atoms with Gasteiger partial charge in [-0.2, -0.15) is 0 Å². The van der Waals surface area contributed by atoms with E-state index in [0.717, 1.165) is 39.8 Å². The molecule has 0 N–H and O–H groups in total. The smallest absolute Gasteiger partial charge is 0.123 e. The zero-order valence-corrected chi connectivity index (χ0v) is 14.5. The average molecular weight is 370 g/mol. The molecule has 0 fully saturated rings. The summed E-state index contributed by atoms with van der Waals surface area (Å²) in [6.45, 7) is 2.11. The van der Waals surface area contributed by atoms with Crippen molar-refractivity contribution in [3.05, 3.63) is 77.7 Å². The fourth-order valence-corrected chi connectivity index (χ4v) is 3.34. The predicted octanol–water partition coefficient (Wildman–Crippen LogP) is 6.01. The quantitative estimate of drug-likeness (QED) is 0.513. The lowest BCUT2D eigenvalue weighted by molar-refractivity contribution is 0.628. The van der Waals surface area contributed by atoms with Crippen LogP contribution in [0.3, 0.4) is 0 Å². The molecule has 0 unspecified atom stereocenters. The monoisotopic (exact) mass is 369 g/mol. The summed E-state index contributed by atoms with van der Waals surface area (Å²) in [7, 11) is 0. The Bertz CT molecular complexity index is 798. The van der Waals surface area contributed by atoms with Gasteiger partial charge in [0.15, 0.2) is 0 Å². The van der Waals surface area contributed by atoms with Crippen LogP contribution in [-0.2, 0) is 11.8 Å². The Hall–Kier alpha value is -2.00. The zero-order chi connectivity index (χ0) is 16.2. The Morgan fingerprint density at radius 1 is 0.957 bits per heavy atom. The van der Waals surface area contributed by atoms with Crippen LogP contribution in [0.1, 0.15) is 18.2 Å². The van der Waals surface area contributed by atoms with E-state index in [-0.39, 0.29) is 5.82 Å². The molecule has 1 heterocycles. The van der Waals surface area contributed by atoms with E-state index in [9.17, 15) is 4.39 Å². The first-order valence-electron chi connectivity index (χ1n) is 7.63. The lowest BCUT2D eigenvalue weighted by Crippen LogP contribution is -2.00. The number of hydrogen-bond donors (Lipinski definition) is 0. The number of hydrogen-bond acceptors (Lipinski definition) is 1. The van der Waals surface area contributed by atoms with Gasteiger partial charge in [0.05, 0.1) is 5.69 Å². The fourth-order valence-electron chi connectivity index (χ4n) is 2.71. The fraction of sp³-hybridized carbons (Fsp3) is 0.150. The second kappa shape index (κ2) is 7.05. The van der Waals surface area contributed by atoms with E-state index < -0.39 is 0 Å². The highest BCUT2D eigenvalue weighted by atomic mass is 79.9. The standard InChI is InChI=1S/C20H17BrFN/c1-2-19-18(13-21)17(14-8-10-16(22)11-9-14)12-20(23-19)15-6-4-3-5-7-15/h3-12H,2,13H2,1H3. The van der Waals surface area contributed by atoms with Gasteiger partial charge in [-0.1, -0.05) is 65.3 Å². The van der Waals surface area contributed by atoms with Gasteiger partial charge in [0.25, 0.3) is 0 Å². The topological polar surface area (TPSA) is 12.9 Å². The van der Waals surface area contributed by atoms with Crippen LogP contribution in [0.4, 0.5) is 4.39 Å². The maximum atomic E-state index is 13.3. The van der Waals surface area contributed by atoms with Gasteiger partial charge in [0.1, 0.15) is 5.82 Å². The summed E-state index contributed by atoms with van der Waals surface area (Å²) in [4.78, 5) is 4.83. The van der Waals surface area contributed by atoms with E-state index in [2.05, 4.69) is 41.1 Å². The van der Waals surface area contributed by atoms with Crippen LogP contribution in [0.2, 0.25) is 0 Å². The third-order valence-electron chi connectivity index (χ3n) is 3.90. The molecular formula is C20H17BrFN. The Kier molecular flexibility index (Phi) is 4.87. The molecule has 0 atom stereocenters. The predicted molar refractivity (Wildman–Crippen MR) is 97.1 cm³/mol. The van der Waals surface area contributed by atoms with E-state index in [4.69, 9.17) is 4.98 Å². The van der Waals surface area contributed by atoms with Crippen molar-refractivity contribution in [1.29, 1.82) is 0 Å². The number of rotatable bonds is 4. The Morgan fingerprint density at radius 2 is 1.65 bits per heavy atom. The third-order valence-corrected chi connectivity index (χ3v) is 4.46. The maximum Gasteiger partial charge on any atom is 0.123 e. The largest absolute Gasteiger partial charge is 0.252 e. The van der Waals surface area contributed by atoms with Gasteiger partial charge in [-0.15, -0.1) is 0 Å². The summed E-state index contributed by atoms with van der Waals surface area (Å²) in [5.41, 5.74) is 6.39. The highest BCUT2D eigenvalue weighted by Crippen LogP contribution is 2.32. The molecule has 0 radical (unpaired) electrons. The Balaban J connectivity index is 2.22. The lowest BCUT2D eigenvalue weighted by Gasteiger charge is -2.15. The number of benzene rings is 2. The molecule has 3 heteroatoms. The molecular weight excluding hydrogens is 353 g/mol. The molecule has 0 spiro atoms. The van der Waals surface area contributed by atoms with Crippen molar-refractivity contribution in [1.82, 2.24) is 4.98 Å². The van der Waals surface area contributed by atoms with Crippen LogP contribution in [0, 0.1) is 5.82 Å². The molecule has 0 saturated carbocycles. The zero-order valence-electron chi connectivity index (χ0n) is 12.9. The SMILES string of the molecule is CCc1nc(-c2ccccc2)cc(-c2ccc(F)cc2)c1CBr. The van der Waals surface area contributed by atoms with Crippen molar-refractivity contribution in [2.45, 2.75) is 18.7 Å². The molecule has 0 bridgehead atoms. The molecule has 116 valence electrons. The Labute approximate surface area is 144 Å². The van der Waals surface area contributed by atoms with Crippen molar-refractivity contribution in [2.24, 2.45) is 0 Å². The molecule has 23 heavy (non-hydrogen) atoms. The summed E-state index contributed by atoms with van der Waals surface area (Å²) in [5, 5.41) is 0.727. The minimum atomic E-state index is -0.220. The minimum Gasteiger partial charge on any atom is -0.252 e. The van der Waals surface area contributed by atoms with E-state index in [1.165, 1.54) is 17.7 Å². The summed E-state index contributed by atoms with van der Waals surface area (Å²) in [6, 6.07) is 18.9. The number of halogens is 2. The van der Waals surface area contributed by atoms with Gasteiger partial charge >= 0.3 is 0 Å². The molecule has 0 amide bonds. The van der Waals surface area contributed by atoms with E-state index in [0.29, 0.717) is 0 Å². The van der Waals surface area contributed by atoms with E-state index in [1.54, 1.807) is 0 Å². The summed E-state index contributed by atoms with van der Waals surface area (Å²) in [5.74, 6) is -0.220. The van der Waals surface area contributed by atoms with Gasteiger partial charge in [0.2, 0.25) is 0 Å². The second-order valence-electron chi connectivity index (χ2n) is 5.34. The highest BCUT2D eigenvalue weighted by molar-refractivity contribution is 9.08. The third kappa shape index (κ3) is 3.35. The number of nitrogens with zero attached hydrogens (tertiary/aromatic N) is 1. The van der Waals surface area contributed by atoms with Crippen molar-refractivity contribution >= 4 is 15.9 Å². The van der Waals surface area contributed by atoms with Crippen LogP contribution in [0.15, 0.2) is 60.7 Å². The molecule has 3 aromatic rings. The molecule has 0 aliphatic heterocycles. The molecule has 0 aliphatic rings. The lowest BCUT2D eigenvalue weighted by atomic mass is 9.96. The summed E-state index contributed by atoms with van der Waals surface area (Å²) in [6.07, 6.45) is 0.857. The molecule has 0 saturated heterocycles.